The average molecular weight is 475 g/mol. The number of methoxy groups -OCH3 is 1. The van der Waals surface area contributed by atoms with Crippen LogP contribution < -0.4 is 15.4 Å². The van der Waals surface area contributed by atoms with Gasteiger partial charge in [-0.15, -0.1) is 24.0 Å². The fourth-order valence-electron chi connectivity index (χ4n) is 3.11. The first kappa shape index (κ1) is 23.0. The fraction of sp³-hybridized carbons (Fsp3) is 0.650. The van der Waals surface area contributed by atoms with Crippen molar-refractivity contribution in [3.8, 4) is 5.75 Å². The standard InChI is InChI=1S/C20H33N3O2.HI/c1-17-6-8-18(9-7-17)25-14-5-13-22-19(21-2)23-16-20(10-4-11-20)12-15-24-3;/h6-9H,4-5,10-16H2,1-3H3,(H2,21,22,23);1H. The van der Waals surface area contributed by atoms with Crippen LogP contribution in [0, 0.1) is 12.3 Å². The third kappa shape index (κ3) is 7.70. The second-order valence-corrected chi connectivity index (χ2v) is 6.96. The zero-order chi connectivity index (χ0) is 18.0. The Labute approximate surface area is 175 Å². The van der Waals surface area contributed by atoms with E-state index in [-0.39, 0.29) is 24.0 Å². The molecule has 148 valence electrons. The highest BCUT2D eigenvalue weighted by molar-refractivity contribution is 14.0. The fourth-order valence-corrected chi connectivity index (χ4v) is 3.11. The Hall–Kier alpha value is -1.02. The van der Waals surface area contributed by atoms with E-state index >= 15 is 0 Å². The molecule has 0 radical (unpaired) electrons. The SMILES string of the molecule is CN=C(NCCCOc1ccc(C)cc1)NCC1(CCOC)CCC1.I. The van der Waals surface area contributed by atoms with Crippen LogP contribution in [0.5, 0.6) is 5.75 Å². The molecular formula is C20H34IN3O2. The molecule has 0 aliphatic heterocycles. The van der Waals surface area contributed by atoms with Crippen molar-refractivity contribution in [1.29, 1.82) is 0 Å². The molecule has 0 heterocycles. The minimum atomic E-state index is 0. The predicted octanol–water partition coefficient (Wildman–Crippen LogP) is 3.75. The van der Waals surface area contributed by atoms with Gasteiger partial charge in [-0.3, -0.25) is 4.99 Å². The van der Waals surface area contributed by atoms with Crippen molar-refractivity contribution in [2.24, 2.45) is 10.4 Å². The first-order valence-electron chi connectivity index (χ1n) is 9.30. The number of ether oxygens (including phenoxy) is 2. The van der Waals surface area contributed by atoms with E-state index in [2.05, 4.69) is 34.7 Å². The molecule has 1 aromatic rings. The number of halogens is 1. The molecule has 0 unspecified atom stereocenters. The van der Waals surface area contributed by atoms with Gasteiger partial charge in [0.25, 0.3) is 0 Å². The van der Waals surface area contributed by atoms with Crippen molar-refractivity contribution in [2.75, 3.05) is 40.5 Å². The van der Waals surface area contributed by atoms with Crippen molar-refractivity contribution in [2.45, 2.75) is 39.0 Å². The average Bonchev–Trinajstić information content (AvgIpc) is 2.60. The highest BCUT2D eigenvalue weighted by Gasteiger charge is 2.36. The second-order valence-electron chi connectivity index (χ2n) is 6.96. The van der Waals surface area contributed by atoms with Gasteiger partial charge in [0, 0.05) is 33.9 Å². The predicted molar refractivity (Wildman–Crippen MR) is 119 cm³/mol. The summed E-state index contributed by atoms with van der Waals surface area (Å²) in [6.45, 7) is 5.43. The number of aryl methyl sites for hydroxylation is 1. The Bertz CT molecular complexity index is 530. The molecule has 1 aliphatic rings. The molecule has 0 amide bonds. The second kappa shape index (κ2) is 12.4. The molecule has 2 rings (SSSR count). The summed E-state index contributed by atoms with van der Waals surface area (Å²) in [5, 5.41) is 6.85. The van der Waals surface area contributed by atoms with E-state index in [1.807, 2.05) is 19.2 Å². The Balaban J connectivity index is 0.00000338. The van der Waals surface area contributed by atoms with Crippen LogP contribution in [0.1, 0.15) is 37.7 Å². The molecule has 26 heavy (non-hydrogen) atoms. The van der Waals surface area contributed by atoms with Crippen molar-refractivity contribution in [3.63, 3.8) is 0 Å². The lowest BCUT2D eigenvalue weighted by Crippen LogP contribution is -2.47. The molecule has 1 saturated carbocycles. The van der Waals surface area contributed by atoms with Gasteiger partial charge in [-0.25, -0.2) is 0 Å². The highest BCUT2D eigenvalue weighted by Crippen LogP contribution is 2.43. The lowest BCUT2D eigenvalue weighted by molar-refractivity contribution is 0.0732. The number of aliphatic imine (C=N–C) groups is 1. The summed E-state index contributed by atoms with van der Waals surface area (Å²) in [5.74, 6) is 1.80. The largest absolute Gasteiger partial charge is 0.494 e. The quantitative estimate of drug-likeness (QED) is 0.234. The van der Waals surface area contributed by atoms with Gasteiger partial charge in [0.1, 0.15) is 5.75 Å². The number of benzene rings is 1. The zero-order valence-electron chi connectivity index (χ0n) is 16.3. The molecule has 0 aromatic heterocycles. The summed E-state index contributed by atoms with van der Waals surface area (Å²) < 4.78 is 11.0. The van der Waals surface area contributed by atoms with Crippen molar-refractivity contribution in [1.82, 2.24) is 10.6 Å². The van der Waals surface area contributed by atoms with E-state index in [1.54, 1.807) is 7.11 Å². The van der Waals surface area contributed by atoms with Gasteiger partial charge in [0.2, 0.25) is 0 Å². The Morgan fingerprint density at radius 1 is 1.15 bits per heavy atom. The van der Waals surface area contributed by atoms with Gasteiger partial charge in [-0.2, -0.15) is 0 Å². The van der Waals surface area contributed by atoms with Gasteiger partial charge in [0.15, 0.2) is 5.96 Å². The summed E-state index contributed by atoms with van der Waals surface area (Å²) in [7, 11) is 3.60. The highest BCUT2D eigenvalue weighted by atomic mass is 127. The minimum absolute atomic E-state index is 0. The Morgan fingerprint density at radius 2 is 1.88 bits per heavy atom. The molecule has 2 N–H and O–H groups in total. The maximum Gasteiger partial charge on any atom is 0.190 e. The van der Waals surface area contributed by atoms with Crippen molar-refractivity contribution < 1.29 is 9.47 Å². The minimum Gasteiger partial charge on any atom is -0.494 e. The van der Waals surface area contributed by atoms with Crippen molar-refractivity contribution in [3.05, 3.63) is 29.8 Å². The Kier molecular flexibility index (Phi) is 11.0. The zero-order valence-corrected chi connectivity index (χ0v) is 18.7. The first-order valence-corrected chi connectivity index (χ1v) is 9.30. The van der Waals surface area contributed by atoms with Crippen LogP contribution >= 0.6 is 24.0 Å². The summed E-state index contributed by atoms with van der Waals surface area (Å²) in [6.07, 6.45) is 5.95. The number of nitrogens with zero attached hydrogens (tertiary/aromatic N) is 1. The molecule has 6 heteroatoms. The third-order valence-corrected chi connectivity index (χ3v) is 5.01. The first-order chi connectivity index (χ1) is 12.2. The number of rotatable bonds is 10. The maximum absolute atomic E-state index is 5.75. The van der Waals surface area contributed by atoms with Crippen molar-refractivity contribution >= 4 is 29.9 Å². The number of nitrogens with one attached hydrogen (secondary N) is 2. The van der Waals surface area contributed by atoms with Crippen LogP contribution in [0.4, 0.5) is 0 Å². The van der Waals surface area contributed by atoms with Gasteiger partial charge in [-0.1, -0.05) is 24.1 Å². The maximum atomic E-state index is 5.75. The van der Waals surface area contributed by atoms with Gasteiger partial charge in [-0.05, 0) is 50.2 Å². The van der Waals surface area contributed by atoms with Crippen LogP contribution in [-0.4, -0.2) is 46.4 Å². The van der Waals surface area contributed by atoms with Gasteiger partial charge >= 0.3 is 0 Å². The molecule has 0 atom stereocenters. The smallest absolute Gasteiger partial charge is 0.190 e. The lowest BCUT2D eigenvalue weighted by atomic mass is 9.67. The van der Waals surface area contributed by atoms with Crippen LogP contribution in [0.3, 0.4) is 0 Å². The topological polar surface area (TPSA) is 54.9 Å². The van der Waals surface area contributed by atoms with E-state index in [1.165, 1.54) is 24.8 Å². The van der Waals surface area contributed by atoms with E-state index < -0.39 is 0 Å². The molecule has 1 fully saturated rings. The molecule has 1 aromatic carbocycles. The molecule has 0 saturated heterocycles. The molecular weight excluding hydrogens is 441 g/mol. The molecule has 0 spiro atoms. The normalized spacial score (nSPS) is 15.6. The molecule has 1 aliphatic carbocycles. The van der Waals surface area contributed by atoms with Crippen LogP contribution in [0.15, 0.2) is 29.3 Å². The van der Waals surface area contributed by atoms with Crippen LogP contribution in [0.2, 0.25) is 0 Å². The lowest BCUT2D eigenvalue weighted by Gasteiger charge is -2.42. The summed E-state index contributed by atoms with van der Waals surface area (Å²) in [5.41, 5.74) is 1.64. The molecule has 0 bridgehead atoms. The molecule has 5 nitrogen and oxygen atoms in total. The number of hydrogen-bond acceptors (Lipinski definition) is 3. The van der Waals surface area contributed by atoms with E-state index in [0.29, 0.717) is 12.0 Å². The van der Waals surface area contributed by atoms with Gasteiger partial charge < -0.3 is 20.1 Å². The number of guanidine groups is 1. The summed E-state index contributed by atoms with van der Waals surface area (Å²) >= 11 is 0. The van der Waals surface area contributed by atoms with E-state index in [0.717, 1.165) is 44.2 Å². The summed E-state index contributed by atoms with van der Waals surface area (Å²) in [6, 6.07) is 8.17. The van der Waals surface area contributed by atoms with Gasteiger partial charge in [0.05, 0.1) is 6.61 Å². The summed E-state index contributed by atoms with van der Waals surface area (Å²) in [4.78, 5) is 4.32. The van der Waals surface area contributed by atoms with E-state index in [9.17, 15) is 0 Å². The number of hydrogen-bond donors (Lipinski definition) is 2. The third-order valence-electron chi connectivity index (χ3n) is 5.01. The Morgan fingerprint density at radius 3 is 2.46 bits per heavy atom. The monoisotopic (exact) mass is 475 g/mol. The van der Waals surface area contributed by atoms with Crippen LogP contribution in [0.25, 0.3) is 0 Å². The van der Waals surface area contributed by atoms with Crippen LogP contribution in [-0.2, 0) is 4.74 Å². The van der Waals surface area contributed by atoms with E-state index in [4.69, 9.17) is 9.47 Å².